The van der Waals surface area contributed by atoms with Gasteiger partial charge in [-0.05, 0) is 5.92 Å². The van der Waals surface area contributed by atoms with Gasteiger partial charge in [-0.25, -0.2) is 4.98 Å². The molecule has 0 aliphatic rings. The first-order chi connectivity index (χ1) is 7.08. The topological polar surface area (TPSA) is 69.6 Å². The second-order valence-corrected chi connectivity index (χ2v) is 4.19. The van der Waals surface area contributed by atoms with E-state index in [1.54, 1.807) is 6.33 Å². The van der Waals surface area contributed by atoms with E-state index in [1.165, 1.54) is 0 Å². The highest BCUT2D eigenvalue weighted by atomic mass is 35.5. The molecule has 0 aliphatic carbocycles. The van der Waals surface area contributed by atoms with Gasteiger partial charge in [-0.2, -0.15) is 9.97 Å². The van der Waals surface area contributed by atoms with Crippen LogP contribution < -0.4 is 5.73 Å². The predicted octanol–water partition coefficient (Wildman–Crippen LogP) is 1.72. The summed E-state index contributed by atoms with van der Waals surface area (Å²) in [6.07, 6.45) is 1.71. The summed E-state index contributed by atoms with van der Waals surface area (Å²) in [5, 5.41) is 0.306. The van der Waals surface area contributed by atoms with E-state index in [-0.39, 0.29) is 5.95 Å². The van der Waals surface area contributed by atoms with Crippen molar-refractivity contribution >= 4 is 28.7 Å². The molecule has 2 rings (SSSR count). The molecule has 0 aliphatic heterocycles. The maximum Gasteiger partial charge on any atom is 0.223 e. The molecule has 0 saturated carbocycles. The fourth-order valence-electron chi connectivity index (χ4n) is 1.45. The Morgan fingerprint density at radius 3 is 2.87 bits per heavy atom. The van der Waals surface area contributed by atoms with Gasteiger partial charge < -0.3 is 10.3 Å². The minimum absolute atomic E-state index is 0.179. The molecular formula is C9H12ClN5. The Balaban J connectivity index is 2.58. The fourth-order valence-corrected chi connectivity index (χ4v) is 1.67. The molecule has 2 aromatic rings. The van der Waals surface area contributed by atoms with Crippen LogP contribution in [-0.4, -0.2) is 19.5 Å². The van der Waals surface area contributed by atoms with E-state index in [0.29, 0.717) is 22.2 Å². The van der Waals surface area contributed by atoms with Crippen molar-refractivity contribution in [2.75, 3.05) is 5.73 Å². The second kappa shape index (κ2) is 3.66. The van der Waals surface area contributed by atoms with E-state index >= 15 is 0 Å². The van der Waals surface area contributed by atoms with Crippen LogP contribution in [0, 0.1) is 5.92 Å². The number of fused-ring (bicyclic) bond motifs is 1. The molecule has 5 nitrogen and oxygen atoms in total. The van der Waals surface area contributed by atoms with Crippen molar-refractivity contribution < 1.29 is 0 Å². The number of nitrogens with two attached hydrogens (primary N) is 1. The number of nitrogens with zero attached hydrogens (tertiary/aromatic N) is 4. The molecule has 0 fully saturated rings. The normalized spacial score (nSPS) is 11.5. The number of hydrogen-bond donors (Lipinski definition) is 1. The molecular weight excluding hydrogens is 214 g/mol. The van der Waals surface area contributed by atoms with Crippen molar-refractivity contribution in [1.82, 2.24) is 19.5 Å². The molecule has 0 spiro atoms. The zero-order valence-corrected chi connectivity index (χ0v) is 9.36. The van der Waals surface area contributed by atoms with E-state index < -0.39 is 0 Å². The number of hydrogen-bond acceptors (Lipinski definition) is 4. The first-order valence-electron chi connectivity index (χ1n) is 4.71. The summed E-state index contributed by atoms with van der Waals surface area (Å²) in [5.41, 5.74) is 6.83. The summed E-state index contributed by atoms with van der Waals surface area (Å²) in [5.74, 6) is 0.690. The number of rotatable bonds is 2. The Bertz CT molecular complexity index is 490. The van der Waals surface area contributed by atoms with E-state index in [4.69, 9.17) is 17.3 Å². The highest BCUT2D eigenvalue weighted by Crippen LogP contribution is 2.20. The summed E-state index contributed by atoms with van der Waals surface area (Å²) in [6, 6.07) is 0. The molecule has 0 atom stereocenters. The Morgan fingerprint density at radius 1 is 1.47 bits per heavy atom. The lowest BCUT2D eigenvalue weighted by molar-refractivity contribution is 0.530. The first kappa shape index (κ1) is 10.2. The van der Waals surface area contributed by atoms with E-state index in [9.17, 15) is 0 Å². The molecule has 0 amide bonds. The van der Waals surface area contributed by atoms with E-state index in [2.05, 4.69) is 28.8 Å². The third-order valence-corrected chi connectivity index (χ3v) is 2.26. The van der Waals surface area contributed by atoms with Crippen molar-refractivity contribution in [3.8, 4) is 0 Å². The van der Waals surface area contributed by atoms with Crippen molar-refractivity contribution in [3.63, 3.8) is 0 Å². The monoisotopic (exact) mass is 225 g/mol. The molecule has 2 heterocycles. The number of halogens is 1. The quantitative estimate of drug-likeness (QED) is 0.791. The van der Waals surface area contributed by atoms with Crippen LogP contribution in [0.15, 0.2) is 6.33 Å². The molecule has 0 unspecified atom stereocenters. The Morgan fingerprint density at radius 2 is 2.20 bits per heavy atom. The predicted molar refractivity (Wildman–Crippen MR) is 59.6 cm³/mol. The Kier molecular flexibility index (Phi) is 2.48. The molecule has 80 valence electrons. The van der Waals surface area contributed by atoms with Crippen molar-refractivity contribution in [1.29, 1.82) is 0 Å². The molecule has 15 heavy (non-hydrogen) atoms. The van der Waals surface area contributed by atoms with Gasteiger partial charge in [0.15, 0.2) is 10.8 Å². The van der Waals surface area contributed by atoms with Gasteiger partial charge in [-0.1, -0.05) is 25.4 Å². The van der Waals surface area contributed by atoms with Crippen LogP contribution in [0.1, 0.15) is 13.8 Å². The van der Waals surface area contributed by atoms with Crippen molar-refractivity contribution in [3.05, 3.63) is 11.5 Å². The molecule has 2 aromatic heterocycles. The van der Waals surface area contributed by atoms with Crippen LogP contribution >= 0.6 is 11.6 Å². The van der Waals surface area contributed by atoms with Crippen LogP contribution in [0.3, 0.4) is 0 Å². The average molecular weight is 226 g/mol. The maximum absolute atomic E-state index is 5.91. The molecule has 0 aromatic carbocycles. The summed E-state index contributed by atoms with van der Waals surface area (Å²) in [6.45, 7) is 5.08. The number of anilines is 1. The lowest BCUT2D eigenvalue weighted by Crippen LogP contribution is -2.05. The fraction of sp³-hybridized carbons (Fsp3) is 0.444. The van der Waals surface area contributed by atoms with Crippen LogP contribution in [-0.2, 0) is 6.54 Å². The molecule has 0 radical (unpaired) electrons. The average Bonchev–Trinajstić information content (AvgIpc) is 2.48. The molecule has 6 heteroatoms. The number of aromatic nitrogens is 4. The summed E-state index contributed by atoms with van der Waals surface area (Å²) in [7, 11) is 0. The van der Waals surface area contributed by atoms with Gasteiger partial charge in [0, 0.05) is 6.54 Å². The highest BCUT2D eigenvalue weighted by molar-refractivity contribution is 6.33. The molecule has 0 saturated heterocycles. The summed E-state index contributed by atoms with van der Waals surface area (Å²) < 4.78 is 1.93. The highest BCUT2D eigenvalue weighted by Gasteiger charge is 2.10. The van der Waals surface area contributed by atoms with Gasteiger partial charge in [-0.3, -0.25) is 0 Å². The van der Waals surface area contributed by atoms with Gasteiger partial charge in [0.25, 0.3) is 0 Å². The third-order valence-electron chi connectivity index (χ3n) is 2.00. The Labute approximate surface area is 92.3 Å². The zero-order valence-electron chi connectivity index (χ0n) is 8.61. The Hall–Kier alpha value is -1.36. The number of nitrogen functional groups attached to an aromatic ring is 1. The smallest absolute Gasteiger partial charge is 0.223 e. The summed E-state index contributed by atoms with van der Waals surface area (Å²) >= 11 is 5.91. The second-order valence-electron chi connectivity index (χ2n) is 3.84. The number of imidazole rings is 1. The van der Waals surface area contributed by atoms with Gasteiger partial charge in [0.05, 0.1) is 6.33 Å². The van der Waals surface area contributed by atoms with E-state index in [1.807, 2.05) is 4.57 Å². The van der Waals surface area contributed by atoms with Crippen LogP contribution in [0.2, 0.25) is 5.15 Å². The SMILES string of the molecule is CC(C)Cn1cnc2c(Cl)nc(N)nc21. The maximum atomic E-state index is 5.91. The standard InChI is InChI=1S/C9H12ClN5/c1-5(2)3-15-4-12-6-7(10)13-9(11)14-8(6)15/h4-5H,3H2,1-2H3,(H2,11,13,14). The summed E-state index contributed by atoms with van der Waals surface area (Å²) in [4.78, 5) is 12.1. The van der Waals surface area contributed by atoms with Crippen molar-refractivity contribution in [2.45, 2.75) is 20.4 Å². The van der Waals surface area contributed by atoms with Gasteiger partial charge in [0.1, 0.15) is 5.52 Å². The largest absolute Gasteiger partial charge is 0.368 e. The zero-order chi connectivity index (χ0) is 11.0. The van der Waals surface area contributed by atoms with Crippen LogP contribution in [0.4, 0.5) is 5.95 Å². The lowest BCUT2D eigenvalue weighted by Gasteiger charge is -2.06. The van der Waals surface area contributed by atoms with Gasteiger partial charge in [0.2, 0.25) is 5.95 Å². The first-order valence-corrected chi connectivity index (χ1v) is 5.09. The van der Waals surface area contributed by atoms with E-state index in [0.717, 1.165) is 6.54 Å². The van der Waals surface area contributed by atoms with Gasteiger partial charge >= 0.3 is 0 Å². The van der Waals surface area contributed by atoms with Crippen LogP contribution in [0.25, 0.3) is 11.2 Å². The third kappa shape index (κ3) is 1.87. The molecule has 0 bridgehead atoms. The minimum Gasteiger partial charge on any atom is -0.368 e. The lowest BCUT2D eigenvalue weighted by atomic mass is 10.2. The van der Waals surface area contributed by atoms with Crippen LogP contribution in [0.5, 0.6) is 0 Å². The van der Waals surface area contributed by atoms with Gasteiger partial charge in [-0.15, -0.1) is 0 Å². The van der Waals surface area contributed by atoms with Crippen molar-refractivity contribution in [2.24, 2.45) is 5.92 Å². The molecule has 2 N–H and O–H groups in total. The minimum atomic E-state index is 0.179.